The third-order valence-corrected chi connectivity index (χ3v) is 6.09. The molecule has 7 heteroatoms. The highest BCUT2D eigenvalue weighted by molar-refractivity contribution is 5.89. The van der Waals surface area contributed by atoms with E-state index in [4.69, 9.17) is 9.47 Å². The number of nitrogens with zero attached hydrogens (tertiary/aromatic N) is 3. The molecule has 0 radical (unpaired) electrons. The van der Waals surface area contributed by atoms with Crippen LogP contribution in [0, 0.1) is 5.92 Å². The number of piperazine rings is 1. The first-order chi connectivity index (χ1) is 14.7. The molecule has 0 N–H and O–H groups in total. The highest BCUT2D eigenvalue weighted by Crippen LogP contribution is 2.33. The highest BCUT2D eigenvalue weighted by Gasteiger charge is 2.37. The summed E-state index contributed by atoms with van der Waals surface area (Å²) in [6, 6.07) is 16.0. The number of amides is 2. The van der Waals surface area contributed by atoms with Crippen molar-refractivity contribution >= 4 is 17.5 Å². The number of carbonyl (C=O) groups is 2. The van der Waals surface area contributed by atoms with Gasteiger partial charge in [0.1, 0.15) is 0 Å². The fraction of sp³-hybridized carbons (Fsp3) is 0.391. The quantitative estimate of drug-likeness (QED) is 0.777. The Labute approximate surface area is 175 Å². The maximum Gasteiger partial charge on any atom is 0.231 e. The Morgan fingerprint density at radius 2 is 1.73 bits per heavy atom. The van der Waals surface area contributed by atoms with Gasteiger partial charge in [0.05, 0.1) is 5.92 Å². The van der Waals surface area contributed by atoms with Gasteiger partial charge in [0.25, 0.3) is 0 Å². The average Bonchev–Trinajstić information content (AvgIpc) is 3.40. The summed E-state index contributed by atoms with van der Waals surface area (Å²) in [6.07, 6.45) is 0.294. The van der Waals surface area contributed by atoms with Crippen molar-refractivity contribution < 1.29 is 19.1 Å². The molecule has 30 heavy (non-hydrogen) atoms. The van der Waals surface area contributed by atoms with Gasteiger partial charge in [-0.15, -0.1) is 0 Å². The first-order valence-electron chi connectivity index (χ1n) is 10.4. The van der Waals surface area contributed by atoms with Gasteiger partial charge in [-0.2, -0.15) is 0 Å². The van der Waals surface area contributed by atoms with Crippen LogP contribution in [-0.4, -0.2) is 61.1 Å². The highest BCUT2D eigenvalue weighted by atomic mass is 16.7. The van der Waals surface area contributed by atoms with Gasteiger partial charge in [-0.3, -0.25) is 9.59 Å². The number of para-hydroxylation sites is 1. The van der Waals surface area contributed by atoms with E-state index in [0.29, 0.717) is 38.3 Å². The fourth-order valence-corrected chi connectivity index (χ4v) is 4.43. The van der Waals surface area contributed by atoms with Gasteiger partial charge in [0.2, 0.25) is 18.6 Å². The van der Waals surface area contributed by atoms with E-state index >= 15 is 0 Å². The molecule has 0 aliphatic carbocycles. The Hall–Kier alpha value is -3.22. The average molecular weight is 407 g/mol. The number of hydrogen-bond donors (Lipinski definition) is 0. The zero-order chi connectivity index (χ0) is 20.5. The number of likely N-dealkylation sites (tertiary alicyclic amines) is 1. The summed E-state index contributed by atoms with van der Waals surface area (Å²) >= 11 is 0. The molecule has 1 unspecified atom stereocenters. The molecule has 2 aromatic rings. The van der Waals surface area contributed by atoms with Crippen LogP contribution in [0.4, 0.5) is 5.69 Å². The molecule has 0 bridgehead atoms. The molecule has 2 amide bonds. The number of ether oxygens (including phenoxy) is 2. The third kappa shape index (κ3) is 3.67. The molecule has 3 aliphatic heterocycles. The Bertz CT molecular complexity index is 941. The minimum Gasteiger partial charge on any atom is -0.454 e. The normalized spacial score (nSPS) is 20.7. The van der Waals surface area contributed by atoms with Crippen LogP contribution < -0.4 is 14.4 Å². The lowest BCUT2D eigenvalue weighted by Crippen LogP contribution is -2.50. The first-order valence-corrected chi connectivity index (χ1v) is 10.4. The van der Waals surface area contributed by atoms with Crippen molar-refractivity contribution in [1.29, 1.82) is 0 Å². The molecule has 5 rings (SSSR count). The van der Waals surface area contributed by atoms with Crippen LogP contribution in [0.15, 0.2) is 48.5 Å². The van der Waals surface area contributed by atoms with Crippen molar-refractivity contribution in [3.63, 3.8) is 0 Å². The molecule has 2 aromatic carbocycles. The van der Waals surface area contributed by atoms with Gasteiger partial charge in [-0.1, -0.05) is 24.3 Å². The molecule has 156 valence electrons. The second-order valence-corrected chi connectivity index (χ2v) is 8.01. The lowest BCUT2D eigenvalue weighted by Gasteiger charge is -2.37. The second kappa shape index (κ2) is 7.89. The number of anilines is 1. The SMILES string of the molecule is O=C1CC(C(=O)N2CCN(c3ccccc3)CC2)CN1Cc1ccc2c(c1)OCO2. The lowest BCUT2D eigenvalue weighted by atomic mass is 10.1. The largest absolute Gasteiger partial charge is 0.454 e. The topological polar surface area (TPSA) is 62.3 Å². The predicted molar refractivity (Wildman–Crippen MR) is 111 cm³/mol. The van der Waals surface area contributed by atoms with E-state index in [1.165, 1.54) is 5.69 Å². The summed E-state index contributed by atoms with van der Waals surface area (Å²) in [5.41, 5.74) is 2.17. The lowest BCUT2D eigenvalue weighted by molar-refractivity contribution is -0.136. The molecule has 7 nitrogen and oxygen atoms in total. The zero-order valence-electron chi connectivity index (χ0n) is 16.8. The smallest absolute Gasteiger partial charge is 0.231 e. The Morgan fingerprint density at radius 3 is 2.53 bits per heavy atom. The standard InChI is InChI=1S/C23H25N3O4/c27-22-13-18(15-26(22)14-17-6-7-20-21(12-17)30-16-29-20)23(28)25-10-8-24(9-11-25)19-4-2-1-3-5-19/h1-7,12,18H,8-11,13-16H2. The molecule has 2 saturated heterocycles. The Balaban J connectivity index is 1.17. The van der Waals surface area contributed by atoms with Gasteiger partial charge in [-0.05, 0) is 29.8 Å². The van der Waals surface area contributed by atoms with E-state index < -0.39 is 0 Å². The molecule has 0 spiro atoms. The van der Waals surface area contributed by atoms with Gasteiger partial charge in [-0.25, -0.2) is 0 Å². The van der Waals surface area contributed by atoms with Crippen LogP contribution >= 0.6 is 0 Å². The van der Waals surface area contributed by atoms with Crippen molar-refractivity contribution in [2.75, 3.05) is 44.4 Å². The van der Waals surface area contributed by atoms with Crippen molar-refractivity contribution in [3.8, 4) is 11.5 Å². The van der Waals surface area contributed by atoms with E-state index in [9.17, 15) is 9.59 Å². The molecular formula is C23H25N3O4. The Morgan fingerprint density at radius 1 is 0.967 bits per heavy atom. The summed E-state index contributed by atoms with van der Waals surface area (Å²) in [7, 11) is 0. The zero-order valence-corrected chi connectivity index (χ0v) is 16.8. The van der Waals surface area contributed by atoms with Crippen LogP contribution in [0.25, 0.3) is 0 Å². The van der Waals surface area contributed by atoms with Crippen LogP contribution in [0.3, 0.4) is 0 Å². The number of benzene rings is 2. The number of fused-ring (bicyclic) bond motifs is 1. The van der Waals surface area contributed by atoms with Gasteiger partial charge >= 0.3 is 0 Å². The van der Waals surface area contributed by atoms with Crippen LogP contribution in [0.2, 0.25) is 0 Å². The third-order valence-electron chi connectivity index (χ3n) is 6.09. The molecular weight excluding hydrogens is 382 g/mol. The van der Waals surface area contributed by atoms with E-state index in [0.717, 1.165) is 24.4 Å². The van der Waals surface area contributed by atoms with Crippen LogP contribution in [-0.2, 0) is 16.1 Å². The number of carbonyl (C=O) groups excluding carboxylic acids is 2. The maximum absolute atomic E-state index is 13.0. The second-order valence-electron chi connectivity index (χ2n) is 8.01. The molecule has 3 aliphatic rings. The molecule has 1 atom stereocenters. The first kappa shape index (κ1) is 18.8. The maximum atomic E-state index is 13.0. The summed E-state index contributed by atoms with van der Waals surface area (Å²) < 4.78 is 10.8. The fourth-order valence-electron chi connectivity index (χ4n) is 4.43. The predicted octanol–water partition coefficient (Wildman–Crippen LogP) is 2.11. The summed E-state index contributed by atoms with van der Waals surface area (Å²) in [4.78, 5) is 31.6. The Kier molecular flexibility index (Phi) is 4.94. The molecule has 3 heterocycles. The van der Waals surface area contributed by atoms with Gasteiger partial charge < -0.3 is 24.2 Å². The van der Waals surface area contributed by atoms with Crippen molar-refractivity contribution in [1.82, 2.24) is 9.80 Å². The van der Waals surface area contributed by atoms with E-state index in [-0.39, 0.29) is 24.5 Å². The van der Waals surface area contributed by atoms with Gasteiger partial charge in [0.15, 0.2) is 11.5 Å². The minimum absolute atomic E-state index is 0.0361. The van der Waals surface area contributed by atoms with Crippen LogP contribution in [0.5, 0.6) is 11.5 Å². The van der Waals surface area contributed by atoms with Gasteiger partial charge in [0, 0.05) is 51.4 Å². The summed E-state index contributed by atoms with van der Waals surface area (Å²) in [5, 5.41) is 0. The molecule has 0 saturated carbocycles. The van der Waals surface area contributed by atoms with E-state index in [1.807, 2.05) is 41.3 Å². The van der Waals surface area contributed by atoms with E-state index in [2.05, 4.69) is 17.0 Å². The van der Waals surface area contributed by atoms with Crippen molar-refractivity contribution in [3.05, 3.63) is 54.1 Å². The molecule has 2 fully saturated rings. The van der Waals surface area contributed by atoms with Crippen molar-refractivity contribution in [2.45, 2.75) is 13.0 Å². The number of rotatable bonds is 4. The summed E-state index contributed by atoms with van der Waals surface area (Å²) in [6.45, 7) is 4.22. The monoisotopic (exact) mass is 407 g/mol. The number of hydrogen-bond acceptors (Lipinski definition) is 5. The minimum atomic E-state index is -0.255. The van der Waals surface area contributed by atoms with Crippen molar-refractivity contribution in [2.24, 2.45) is 5.92 Å². The van der Waals surface area contributed by atoms with Crippen LogP contribution in [0.1, 0.15) is 12.0 Å². The van der Waals surface area contributed by atoms with E-state index in [1.54, 1.807) is 4.90 Å². The molecule has 0 aromatic heterocycles. The summed E-state index contributed by atoms with van der Waals surface area (Å²) in [5.74, 6) is 1.32.